The summed E-state index contributed by atoms with van der Waals surface area (Å²) >= 11 is 0. The van der Waals surface area contributed by atoms with Crippen LogP contribution in [-0.4, -0.2) is 26.7 Å². The van der Waals surface area contributed by atoms with Gasteiger partial charge in [0.05, 0.1) is 10.5 Å². The Morgan fingerprint density at radius 2 is 2.04 bits per heavy atom. The molecule has 1 heterocycles. The predicted octanol–water partition coefficient (Wildman–Crippen LogP) is 3.42. The number of nitro benzene ring substituents is 1. The maximum Gasteiger partial charge on any atom is 0.269 e. The van der Waals surface area contributed by atoms with Crippen LogP contribution in [0.15, 0.2) is 54.7 Å². The first kappa shape index (κ1) is 17.8. The Kier molecular flexibility index (Phi) is 4.38. The Morgan fingerprint density at radius 3 is 2.71 bits per heavy atom. The summed E-state index contributed by atoms with van der Waals surface area (Å²) in [6.07, 6.45) is 2.37. The van der Waals surface area contributed by atoms with E-state index in [-0.39, 0.29) is 29.4 Å². The lowest BCUT2D eigenvalue weighted by Crippen LogP contribution is -2.26. The number of amides is 1. The molecule has 3 aromatic rings. The van der Waals surface area contributed by atoms with Gasteiger partial charge in [0.2, 0.25) is 0 Å². The van der Waals surface area contributed by atoms with E-state index in [1.165, 1.54) is 28.9 Å². The fourth-order valence-electron chi connectivity index (χ4n) is 3.32. The van der Waals surface area contributed by atoms with Gasteiger partial charge in [-0.3, -0.25) is 19.6 Å². The standard InChI is InChI=1S/C20H17FN4O3/c1-24-11-17(19(23-24)12-5-7-15(8-6-12)25(27)28)20(26)22-18-10-16(18)13-3-2-4-14(21)9-13/h2-9,11,16,18H,10H2,1H3,(H,22,26)/t16-,18+/m0/s1. The molecule has 4 rings (SSSR count). The maximum atomic E-state index is 13.4. The molecule has 0 bridgehead atoms. The number of nitrogens with zero attached hydrogens (tertiary/aromatic N) is 3. The van der Waals surface area contributed by atoms with E-state index in [1.54, 1.807) is 31.4 Å². The van der Waals surface area contributed by atoms with Gasteiger partial charge in [0, 0.05) is 42.9 Å². The molecule has 1 N–H and O–H groups in total. The van der Waals surface area contributed by atoms with Crippen molar-refractivity contribution in [2.24, 2.45) is 7.05 Å². The van der Waals surface area contributed by atoms with Crippen molar-refractivity contribution < 1.29 is 14.1 Å². The molecule has 28 heavy (non-hydrogen) atoms. The van der Waals surface area contributed by atoms with Crippen LogP contribution in [0.2, 0.25) is 0 Å². The van der Waals surface area contributed by atoms with Crippen molar-refractivity contribution >= 4 is 11.6 Å². The van der Waals surface area contributed by atoms with E-state index in [9.17, 15) is 19.3 Å². The summed E-state index contributed by atoms with van der Waals surface area (Å²) in [5, 5.41) is 18.1. The molecular formula is C20H17FN4O3. The fourth-order valence-corrected chi connectivity index (χ4v) is 3.32. The minimum Gasteiger partial charge on any atom is -0.349 e. The van der Waals surface area contributed by atoms with Crippen LogP contribution in [-0.2, 0) is 7.05 Å². The topological polar surface area (TPSA) is 90.1 Å². The van der Waals surface area contributed by atoms with Gasteiger partial charge in [0.15, 0.2) is 0 Å². The number of nitrogens with one attached hydrogen (secondary N) is 1. The molecule has 142 valence electrons. The van der Waals surface area contributed by atoms with E-state index in [1.807, 2.05) is 6.07 Å². The zero-order valence-electron chi connectivity index (χ0n) is 15.0. The minimum atomic E-state index is -0.477. The lowest BCUT2D eigenvalue weighted by atomic mass is 10.1. The van der Waals surface area contributed by atoms with Crippen LogP contribution in [0.3, 0.4) is 0 Å². The summed E-state index contributed by atoms with van der Waals surface area (Å²) in [5.74, 6) is -0.466. The number of rotatable bonds is 5. The molecule has 0 unspecified atom stereocenters. The van der Waals surface area contributed by atoms with Crippen LogP contribution >= 0.6 is 0 Å². The Bertz CT molecular complexity index is 1060. The van der Waals surface area contributed by atoms with E-state index >= 15 is 0 Å². The number of aryl methyl sites for hydroxylation is 1. The van der Waals surface area contributed by atoms with Crippen molar-refractivity contribution in [3.63, 3.8) is 0 Å². The quantitative estimate of drug-likeness (QED) is 0.542. The lowest BCUT2D eigenvalue weighted by Gasteiger charge is -2.06. The van der Waals surface area contributed by atoms with Crippen molar-refractivity contribution in [2.75, 3.05) is 0 Å². The Labute approximate surface area is 160 Å². The van der Waals surface area contributed by atoms with E-state index in [0.29, 0.717) is 16.8 Å². The second-order valence-corrected chi connectivity index (χ2v) is 6.85. The van der Waals surface area contributed by atoms with Gasteiger partial charge in [-0.15, -0.1) is 0 Å². The lowest BCUT2D eigenvalue weighted by molar-refractivity contribution is -0.384. The van der Waals surface area contributed by atoms with Gasteiger partial charge in [-0.2, -0.15) is 5.10 Å². The first-order valence-corrected chi connectivity index (χ1v) is 8.77. The van der Waals surface area contributed by atoms with Crippen molar-refractivity contribution in [1.29, 1.82) is 0 Å². The molecule has 1 aromatic heterocycles. The molecular weight excluding hydrogens is 363 g/mol. The van der Waals surface area contributed by atoms with Crippen LogP contribution in [0.25, 0.3) is 11.3 Å². The van der Waals surface area contributed by atoms with Gasteiger partial charge >= 0.3 is 0 Å². The normalized spacial score (nSPS) is 17.9. The summed E-state index contributed by atoms with van der Waals surface area (Å²) < 4.78 is 14.9. The van der Waals surface area contributed by atoms with Crippen LogP contribution in [0.5, 0.6) is 0 Å². The fraction of sp³-hybridized carbons (Fsp3) is 0.200. The van der Waals surface area contributed by atoms with E-state index in [2.05, 4.69) is 10.4 Å². The summed E-state index contributed by atoms with van der Waals surface area (Å²) in [5.41, 5.74) is 2.31. The second kappa shape index (κ2) is 6.88. The summed E-state index contributed by atoms with van der Waals surface area (Å²) in [4.78, 5) is 23.1. The molecule has 0 aliphatic heterocycles. The van der Waals surface area contributed by atoms with Gasteiger partial charge in [-0.05, 0) is 36.2 Å². The van der Waals surface area contributed by atoms with Crippen LogP contribution in [0.1, 0.15) is 28.3 Å². The number of non-ortho nitro benzene ring substituents is 1. The van der Waals surface area contributed by atoms with E-state index < -0.39 is 4.92 Å². The molecule has 0 saturated heterocycles. The molecule has 1 amide bonds. The Balaban J connectivity index is 1.52. The zero-order valence-corrected chi connectivity index (χ0v) is 15.0. The monoisotopic (exact) mass is 380 g/mol. The van der Waals surface area contributed by atoms with E-state index in [0.717, 1.165) is 12.0 Å². The van der Waals surface area contributed by atoms with Crippen LogP contribution in [0, 0.1) is 15.9 Å². The number of benzene rings is 2. The number of aromatic nitrogens is 2. The molecule has 2 aromatic carbocycles. The largest absolute Gasteiger partial charge is 0.349 e. The summed E-state index contributed by atoms with van der Waals surface area (Å²) in [6, 6.07) is 12.3. The number of carbonyl (C=O) groups excluding carboxylic acids is 1. The van der Waals surface area contributed by atoms with Gasteiger partial charge in [0.25, 0.3) is 11.6 Å². The average Bonchev–Trinajstić information content (AvgIpc) is 3.32. The SMILES string of the molecule is Cn1cc(C(=O)N[C@@H]2C[C@H]2c2cccc(F)c2)c(-c2ccc([N+](=O)[O-])cc2)n1. The average molecular weight is 380 g/mol. The van der Waals surface area contributed by atoms with Gasteiger partial charge < -0.3 is 5.32 Å². The first-order chi connectivity index (χ1) is 13.4. The first-order valence-electron chi connectivity index (χ1n) is 8.77. The third-order valence-electron chi connectivity index (χ3n) is 4.81. The predicted molar refractivity (Wildman–Crippen MR) is 100 cm³/mol. The third kappa shape index (κ3) is 3.48. The Morgan fingerprint density at radius 1 is 1.29 bits per heavy atom. The number of hydrogen-bond donors (Lipinski definition) is 1. The molecule has 8 heteroatoms. The summed E-state index contributed by atoms with van der Waals surface area (Å²) in [6.45, 7) is 0. The molecule has 1 saturated carbocycles. The molecule has 7 nitrogen and oxygen atoms in total. The molecule has 1 aliphatic carbocycles. The molecule has 0 spiro atoms. The van der Waals surface area contributed by atoms with Crippen LogP contribution in [0.4, 0.5) is 10.1 Å². The highest BCUT2D eigenvalue weighted by Crippen LogP contribution is 2.41. The highest BCUT2D eigenvalue weighted by molar-refractivity contribution is 6.00. The minimum absolute atomic E-state index is 0.0263. The van der Waals surface area contributed by atoms with Gasteiger partial charge in [-0.25, -0.2) is 4.39 Å². The molecule has 1 fully saturated rings. The highest BCUT2D eigenvalue weighted by atomic mass is 19.1. The highest BCUT2D eigenvalue weighted by Gasteiger charge is 2.40. The smallest absolute Gasteiger partial charge is 0.269 e. The Hall–Kier alpha value is -3.55. The van der Waals surface area contributed by atoms with Crippen molar-refractivity contribution in [1.82, 2.24) is 15.1 Å². The van der Waals surface area contributed by atoms with Crippen molar-refractivity contribution in [3.05, 3.63) is 81.8 Å². The van der Waals surface area contributed by atoms with Crippen molar-refractivity contribution in [3.8, 4) is 11.3 Å². The molecule has 2 atom stereocenters. The van der Waals surface area contributed by atoms with Crippen LogP contribution < -0.4 is 5.32 Å². The van der Waals surface area contributed by atoms with E-state index in [4.69, 9.17) is 0 Å². The third-order valence-corrected chi connectivity index (χ3v) is 4.81. The number of nitro groups is 1. The second-order valence-electron chi connectivity index (χ2n) is 6.85. The van der Waals surface area contributed by atoms with Gasteiger partial charge in [0.1, 0.15) is 11.5 Å². The zero-order chi connectivity index (χ0) is 19.8. The molecule has 1 aliphatic rings. The molecule has 0 radical (unpaired) electrons. The van der Waals surface area contributed by atoms with Crippen molar-refractivity contribution in [2.45, 2.75) is 18.4 Å². The number of hydrogen-bond acceptors (Lipinski definition) is 4. The van der Waals surface area contributed by atoms with Gasteiger partial charge in [-0.1, -0.05) is 12.1 Å². The summed E-state index contributed by atoms with van der Waals surface area (Å²) in [7, 11) is 1.71. The number of halogens is 1. The maximum absolute atomic E-state index is 13.4. The number of carbonyl (C=O) groups is 1.